The standard InChI is InChI=1S/C16H18BrN3O/c17-14-2-1-3-15(8-14)20-7-5-12(11-20)9-19-16(21)13-4-6-18-10-13/h1-4,6,8,10,12,18H,5,7,9,11H2,(H,19,21)/t12-/m0/s1. The molecule has 0 bridgehead atoms. The summed E-state index contributed by atoms with van der Waals surface area (Å²) in [6.45, 7) is 2.76. The predicted molar refractivity (Wildman–Crippen MR) is 87.6 cm³/mol. The SMILES string of the molecule is O=C(NC[C@@H]1CCN(c2cccc(Br)c2)C1)c1cc[nH]c1. The van der Waals surface area contributed by atoms with Gasteiger partial charge in [0, 0.05) is 42.2 Å². The molecule has 3 rings (SSSR count). The van der Waals surface area contributed by atoms with E-state index >= 15 is 0 Å². The molecule has 5 heteroatoms. The third-order valence-corrected chi connectivity index (χ3v) is 4.36. The number of nitrogens with one attached hydrogen (secondary N) is 2. The first kappa shape index (κ1) is 14.2. The molecule has 0 saturated carbocycles. The highest BCUT2D eigenvalue weighted by Crippen LogP contribution is 2.25. The van der Waals surface area contributed by atoms with E-state index in [1.54, 1.807) is 18.5 Å². The third kappa shape index (κ3) is 3.47. The summed E-state index contributed by atoms with van der Waals surface area (Å²) in [6, 6.07) is 10.2. The van der Waals surface area contributed by atoms with E-state index in [9.17, 15) is 4.79 Å². The quantitative estimate of drug-likeness (QED) is 0.892. The van der Waals surface area contributed by atoms with Gasteiger partial charge >= 0.3 is 0 Å². The molecule has 1 fully saturated rings. The molecule has 0 radical (unpaired) electrons. The van der Waals surface area contributed by atoms with Gasteiger partial charge in [-0.2, -0.15) is 0 Å². The number of aromatic nitrogens is 1. The van der Waals surface area contributed by atoms with Crippen LogP contribution in [0.25, 0.3) is 0 Å². The van der Waals surface area contributed by atoms with Gasteiger partial charge in [-0.25, -0.2) is 0 Å². The van der Waals surface area contributed by atoms with E-state index in [4.69, 9.17) is 0 Å². The van der Waals surface area contributed by atoms with E-state index in [-0.39, 0.29) is 5.91 Å². The molecule has 1 atom stereocenters. The largest absolute Gasteiger partial charge is 0.371 e. The molecule has 1 aromatic heterocycles. The lowest BCUT2D eigenvalue weighted by Gasteiger charge is -2.19. The van der Waals surface area contributed by atoms with Gasteiger partial charge in [-0.3, -0.25) is 4.79 Å². The van der Waals surface area contributed by atoms with Gasteiger partial charge in [0.15, 0.2) is 0 Å². The summed E-state index contributed by atoms with van der Waals surface area (Å²) in [5, 5.41) is 3.02. The molecule has 1 saturated heterocycles. The highest BCUT2D eigenvalue weighted by molar-refractivity contribution is 9.10. The van der Waals surface area contributed by atoms with E-state index in [0.29, 0.717) is 11.5 Å². The topological polar surface area (TPSA) is 48.1 Å². The number of carbonyl (C=O) groups is 1. The molecular weight excluding hydrogens is 330 g/mol. The number of rotatable bonds is 4. The average Bonchev–Trinajstić information content (AvgIpc) is 3.16. The molecular formula is C16H18BrN3O. The summed E-state index contributed by atoms with van der Waals surface area (Å²) >= 11 is 3.51. The normalized spacial score (nSPS) is 18.0. The van der Waals surface area contributed by atoms with Crippen molar-refractivity contribution in [3.63, 3.8) is 0 Å². The van der Waals surface area contributed by atoms with Crippen molar-refractivity contribution in [1.82, 2.24) is 10.3 Å². The summed E-state index contributed by atoms with van der Waals surface area (Å²) in [5.41, 5.74) is 1.93. The first-order valence-electron chi connectivity index (χ1n) is 7.14. The molecule has 2 N–H and O–H groups in total. The van der Waals surface area contributed by atoms with Crippen molar-refractivity contribution in [2.24, 2.45) is 5.92 Å². The van der Waals surface area contributed by atoms with Crippen LogP contribution in [0.1, 0.15) is 16.8 Å². The second-order valence-corrected chi connectivity index (χ2v) is 6.31. The van der Waals surface area contributed by atoms with Crippen LogP contribution in [0.2, 0.25) is 0 Å². The minimum atomic E-state index is -0.00263. The zero-order valence-electron chi connectivity index (χ0n) is 11.7. The number of hydrogen-bond acceptors (Lipinski definition) is 2. The Bertz CT molecular complexity index is 612. The monoisotopic (exact) mass is 347 g/mol. The summed E-state index contributed by atoms with van der Waals surface area (Å²) < 4.78 is 1.10. The van der Waals surface area contributed by atoms with E-state index in [2.05, 4.69) is 49.3 Å². The number of anilines is 1. The molecule has 2 heterocycles. The molecule has 4 nitrogen and oxygen atoms in total. The minimum Gasteiger partial charge on any atom is -0.371 e. The lowest BCUT2D eigenvalue weighted by molar-refractivity contribution is 0.0948. The molecule has 0 spiro atoms. The molecule has 1 aromatic carbocycles. The van der Waals surface area contributed by atoms with Crippen LogP contribution < -0.4 is 10.2 Å². The van der Waals surface area contributed by atoms with Crippen LogP contribution >= 0.6 is 15.9 Å². The fraction of sp³-hybridized carbons (Fsp3) is 0.312. The van der Waals surface area contributed by atoms with Gasteiger partial charge in [0.25, 0.3) is 5.91 Å². The van der Waals surface area contributed by atoms with Crippen LogP contribution in [-0.2, 0) is 0 Å². The maximum atomic E-state index is 11.9. The average molecular weight is 348 g/mol. The second-order valence-electron chi connectivity index (χ2n) is 5.39. The Morgan fingerprint density at radius 1 is 1.43 bits per heavy atom. The van der Waals surface area contributed by atoms with Gasteiger partial charge in [0.05, 0.1) is 5.56 Å². The summed E-state index contributed by atoms with van der Waals surface area (Å²) in [6.07, 6.45) is 4.59. The van der Waals surface area contributed by atoms with Crippen LogP contribution in [0.3, 0.4) is 0 Å². The van der Waals surface area contributed by atoms with Crippen molar-refractivity contribution >= 4 is 27.5 Å². The zero-order chi connectivity index (χ0) is 14.7. The summed E-state index contributed by atoms with van der Waals surface area (Å²) in [5.74, 6) is 0.504. The molecule has 0 aliphatic carbocycles. The number of amides is 1. The van der Waals surface area contributed by atoms with Gasteiger partial charge < -0.3 is 15.2 Å². The number of benzene rings is 1. The Balaban J connectivity index is 1.52. The second kappa shape index (κ2) is 6.35. The molecule has 21 heavy (non-hydrogen) atoms. The maximum absolute atomic E-state index is 11.9. The van der Waals surface area contributed by atoms with Gasteiger partial charge in [-0.1, -0.05) is 22.0 Å². The third-order valence-electron chi connectivity index (χ3n) is 3.87. The first-order valence-corrected chi connectivity index (χ1v) is 7.93. The number of halogens is 1. The zero-order valence-corrected chi connectivity index (χ0v) is 13.3. The highest BCUT2D eigenvalue weighted by Gasteiger charge is 2.23. The Labute approximate surface area is 132 Å². The van der Waals surface area contributed by atoms with E-state index < -0.39 is 0 Å². The summed E-state index contributed by atoms with van der Waals surface area (Å²) in [4.78, 5) is 17.2. The van der Waals surface area contributed by atoms with Crippen molar-refractivity contribution < 1.29 is 4.79 Å². The minimum absolute atomic E-state index is 0.00263. The molecule has 2 aromatic rings. The molecule has 0 unspecified atom stereocenters. The number of H-pyrrole nitrogens is 1. The van der Waals surface area contributed by atoms with E-state index in [0.717, 1.165) is 30.5 Å². The molecule has 110 valence electrons. The van der Waals surface area contributed by atoms with Gasteiger partial charge in [-0.15, -0.1) is 0 Å². The van der Waals surface area contributed by atoms with Gasteiger partial charge in [0.2, 0.25) is 0 Å². The Kier molecular flexibility index (Phi) is 4.29. The van der Waals surface area contributed by atoms with Crippen LogP contribution in [0.15, 0.2) is 47.2 Å². The first-order chi connectivity index (χ1) is 10.2. The number of carbonyl (C=O) groups excluding carboxylic acids is 1. The lowest BCUT2D eigenvalue weighted by Crippen LogP contribution is -2.30. The summed E-state index contributed by atoms with van der Waals surface area (Å²) in [7, 11) is 0. The van der Waals surface area contributed by atoms with Crippen LogP contribution in [0.5, 0.6) is 0 Å². The number of hydrogen-bond donors (Lipinski definition) is 2. The Morgan fingerprint density at radius 2 is 2.33 bits per heavy atom. The maximum Gasteiger partial charge on any atom is 0.252 e. The molecule has 1 amide bonds. The van der Waals surface area contributed by atoms with E-state index in [1.807, 2.05) is 6.07 Å². The molecule has 1 aliphatic rings. The fourth-order valence-electron chi connectivity index (χ4n) is 2.71. The predicted octanol–water partition coefficient (Wildman–Crippen LogP) is 3.03. The van der Waals surface area contributed by atoms with Gasteiger partial charge in [-0.05, 0) is 36.6 Å². The van der Waals surface area contributed by atoms with Crippen LogP contribution in [-0.4, -0.2) is 30.5 Å². The van der Waals surface area contributed by atoms with Gasteiger partial charge in [0.1, 0.15) is 0 Å². The molecule has 1 aliphatic heterocycles. The van der Waals surface area contributed by atoms with Crippen LogP contribution in [0, 0.1) is 5.92 Å². The fourth-order valence-corrected chi connectivity index (χ4v) is 3.10. The Hall–Kier alpha value is -1.75. The van der Waals surface area contributed by atoms with Crippen molar-refractivity contribution in [2.75, 3.05) is 24.5 Å². The number of nitrogens with zero attached hydrogens (tertiary/aromatic N) is 1. The lowest BCUT2D eigenvalue weighted by atomic mass is 10.1. The van der Waals surface area contributed by atoms with Crippen molar-refractivity contribution in [2.45, 2.75) is 6.42 Å². The highest BCUT2D eigenvalue weighted by atomic mass is 79.9. The van der Waals surface area contributed by atoms with Crippen LogP contribution in [0.4, 0.5) is 5.69 Å². The van der Waals surface area contributed by atoms with Crippen molar-refractivity contribution in [3.8, 4) is 0 Å². The number of aromatic amines is 1. The smallest absolute Gasteiger partial charge is 0.252 e. The van der Waals surface area contributed by atoms with Crippen molar-refractivity contribution in [3.05, 3.63) is 52.8 Å². The van der Waals surface area contributed by atoms with Crippen molar-refractivity contribution in [1.29, 1.82) is 0 Å². The van der Waals surface area contributed by atoms with E-state index in [1.165, 1.54) is 5.69 Å². The Morgan fingerprint density at radius 3 is 3.10 bits per heavy atom.